The van der Waals surface area contributed by atoms with Gasteiger partial charge in [-0.05, 0) is 53.4 Å². The number of hydrogen-bond donors (Lipinski definition) is 0. The molecule has 0 unspecified atom stereocenters. The molecule has 1 nitrogen and oxygen atoms in total. The molecule has 0 aliphatic rings. The van der Waals surface area contributed by atoms with Gasteiger partial charge in [0.05, 0.1) is 5.69 Å². The van der Waals surface area contributed by atoms with Crippen LogP contribution in [0.25, 0.3) is 0 Å². The highest BCUT2D eigenvalue weighted by atomic mass is 79.9. The van der Waals surface area contributed by atoms with Crippen LogP contribution in [0.1, 0.15) is 33.3 Å². The Morgan fingerprint density at radius 3 is 2.24 bits per heavy atom. The third-order valence-electron chi connectivity index (χ3n) is 2.66. The van der Waals surface area contributed by atoms with Crippen molar-refractivity contribution in [2.24, 2.45) is 5.92 Å². The molecule has 0 heterocycles. The van der Waals surface area contributed by atoms with E-state index in [1.807, 2.05) is 0 Å². The highest BCUT2D eigenvalue weighted by molar-refractivity contribution is 9.10. The van der Waals surface area contributed by atoms with Crippen LogP contribution >= 0.6 is 31.9 Å². The largest absolute Gasteiger partial charge is 0.368 e. The van der Waals surface area contributed by atoms with Gasteiger partial charge in [-0.2, -0.15) is 0 Å². The number of halogens is 2. The highest BCUT2D eigenvalue weighted by Gasteiger charge is 2.15. The van der Waals surface area contributed by atoms with Crippen LogP contribution < -0.4 is 4.90 Å². The summed E-state index contributed by atoms with van der Waals surface area (Å²) in [6.07, 6.45) is 0. The molecule has 0 fully saturated rings. The lowest BCUT2D eigenvalue weighted by molar-refractivity contribution is 0.570. The fourth-order valence-electron chi connectivity index (χ4n) is 1.85. The van der Waals surface area contributed by atoms with Gasteiger partial charge in [-0.25, -0.2) is 0 Å². The first-order valence-corrected chi connectivity index (χ1v) is 7.98. The van der Waals surface area contributed by atoms with Crippen molar-refractivity contribution in [1.82, 2.24) is 0 Å². The Morgan fingerprint density at radius 1 is 1.18 bits per heavy atom. The summed E-state index contributed by atoms with van der Waals surface area (Å²) in [5.41, 5.74) is 2.59. The first-order valence-electron chi connectivity index (χ1n) is 6.06. The molecule has 17 heavy (non-hydrogen) atoms. The Hall–Kier alpha value is -0.0200. The molecule has 1 aromatic carbocycles. The van der Waals surface area contributed by atoms with Crippen LogP contribution in [-0.4, -0.2) is 12.6 Å². The molecular weight excluding hydrogens is 342 g/mol. The van der Waals surface area contributed by atoms with Crippen molar-refractivity contribution in [1.29, 1.82) is 0 Å². The normalized spacial score (nSPS) is 11.3. The second-order valence-corrected chi connectivity index (χ2v) is 6.47. The van der Waals surface area contributed by atoms with Crippen LogP contribution in [0.15, 0.2) is 22.7 Å². The number of alkyl halides is 1. The zero-order valence-corrected chi connectivity index (χ0v) is 14.2. The quantitative estimate of drug-likeness (QED) is 0.649. The Labute approximate surface area is 122 Å². The molecule has 96 valence electrons. The van der Waals surface area contributed by atoms with Gasteiger partial charge < -0.3 is 4.90 Å². The lowest BCUT2D eigenvalue weighted by atomic mass is 10.1. The number of nitrogens with zero attached hydrogens (tertiary/aromatic N) is 1. The number of hydrogen-bond acceptors (Lipinski definition) is 1. The zero-order chi connectivity index (χ0) is 13.0. The van der Waals surface area contributed by atoms with Gasteiger partial charge in [0.15, 0.2) is 0 Å². The maximum atomic E-state index is 3.68. The average Bonchev–Trinajstić information content (AvgIpc) is 2.25. The second-order valence-electron chi connectivity index (χ2n) is 5.06. The maximum absolute atomic E-state index is 3.68. The molecule has 0 aromatic heterocycles. The molecule has 3 heteroatoms. The van der Waals surface area contributed by atoms with Crippen molar-refractivity contribution >= 4 is 37.5 Å². The fraction of sp³-hybridized carbons (Fsp3) is 0.571. The topological polar surface area (TPSA) is 3.24 Å². The molecule has 0 saturated carbocycles. The van der Waals surface area contributed by atoms with Crippen molar-refractivity contribution in [3.63, 3.8) is 0 Å². The predicted octanol–water partition coefficient (Wildman–Crippen LogP) is 5.21. The molecule has 0 radical (unpaired) electrons. The molecule has 0 aliphatic carbocycles. The summed E-state index contributed by atoms with van der Waals surface area (Å²) in [4.78, 5) is 2.45. The minimum atomic E-state index is 0.517. The molecule has 0 N–H and O–H groups in total. The van der Waals surface area contributed by atoms with Gasteiger partial charge in [-0.1, -0.05) is 35.8 Å². The molecule has 0 amide bonds. The third-order valence-corrected chi connectivity index (χ3v) is 3.94. The van der Waals surface area contributed by atoms with E-state index in [9.17, 15) is 0 Å². The lowest BCUT2D eigenvalue weighted by Gasteiger charge is -2.31. The van der Waals surface area contributed by atoms with Crippen LogP contribution in [0.4, 0.5) is 5.69 Å². The predicted molar refractivity (Wildman–Crippen MR) is 84.1 cm³/mol. The van der Waals surface area contributed by atoms with E-state index in [4.69, 9.17) is 0 Å². The van der Waals surface area contributed by atoms with Crippen molar-refractivity contribution in [2.45, 2.75) is 39.1 Å². The summed E-state index contributed by atoms with van der Waals surface area (Å²) in [7, 11) is 0. The van der Waals surface area contributed by atoms with Gasteiger partial charge in [0.1, 0.15) is 0 Å². The fourth-order valence-corrected chi connectivity index (χ4v) is 2.85. The third kappa shape index (κ3) is 4.29. The smallest absolute Gasteiger partial charge is 0.0513 e. The lowest BCUT2D eigenvalue weighted by Crippen LogP contribution is -2.34. The summed E-state index contributed by atoms with van der Waals surface area (Å²) >= 11 is 7.17. The van der Waals surface area contributed by atoms with E-state index in [-0.39, 0.29) is 0 Å². The summed E-state index contributed by atoms with van der Waals surface area (Å²) in [5.74, 6) is 0.667. The van der Waals surface area contributed by atoms with Gasteiger partial charge in [0.25, 0.3) is 0 Å². The summed E-state index contributed by atoms with van der Waals surface area (Å²) in [5, 5.41) is 0.901. The zero-order valence-electron chi connectivity index (χ0n) is 11.0. The average molecular weight is 363 g/mol. The van der Waals surface area contributed by atoms with Crippen LogP contribution in [-0.2, 0) is 5.33 Å². The van der Waals surface area contributed by atoms with E-state index in [1.54, 1.807) is 0 Å². The SMILES string of the molecule is CC(C)CN(c1ccc(CBr)cc1Br)C(C)C. The standard InChI is InChI=1S/C14H21Br2N/c1-10(2)9-17(11(3)4)14-6-5-12(8-15)7-13(14)16/h5-7,10-11H,8-9H2,1-4H3. The maximum Gasteiger partial charge on any atom is 0.0513 e. The summed E-state index contributed by atoms with van der Waals surface area (Å²) < 4.78 is 1.18. The minimum Gasteiger partial charge on any atom is -0.368 e. The Bertz CT molecular complexity index is 361. The van der Waals surface area contributed by atoms with Crippen molar-refractivity contribution in [2.75, 3.05) is 11.4 Å². The van der Waals surface area contributed by atoms with Gasteiger partial charge in [-0.3, -0.25) is 0 Å². The van der Waals surface area contributed by atoms with E-state index < -0.39 is 0 Å². The molecule has 0 spiro atoms. The summed E-state index contributed by atoms with van der Waals surface area (Å²) in [6.45, 7) is 10.1. The van der Waals surface area contributed by atoms with Crippen LogP contribution in [0, 0.1) is 5.92 Å². The van der Waals surface area contributed by atoms with Gasteiger partial charge in [0, 0.05) is 22.4 Å². The van der Waals surface area contributed by atoms with E-state index in [2.05, 4.69) is 82.7 Å². The Kier molecular flexibility index (Phi) is 6.01. The van der Waals surface area contributed by atoms with Crippen LogP contribution in [0.5, 0.6) is 0 Å². The summed E-state index contributed by atoms with van der Waals surface area (Å²) in [6, 6.07) is 7.11. The van der Waals surface area contributed by atoms with E-state index in [0.29, 0.717) is 12.0 Å². The molecule has 0 saturated heterocycles. The first kappa shape index (κ1) is 15.0. The first-order chi connectivity index (χ1) is 7.95. The Balaban J connectivity index is 3.01. The molecule has 0 bridgehead atoms. The molecular formula is C14H21Br2N. The van der Waals surface area contributed by atoms with Crippen molar-refractivity contribution < 1.29 is 0 Å². The van der Waals surface area contributed by atoms with Gasteiger partial charge in [0.2, 0.25) is 0 Å². The van der Waals surface area contributed by atoms with E-state index in [0.717, 1.165) is 11.9 Å². The molecule has 0 atom stereocenters. The van der Waals surface area contributed by atoms with Crippen molar-refractivity contribution in [3.8, 4) is 0 Å². The van der Waals surface area contributed by atoms with Crippen LogP contribution in [0.2, 0.25) is 0 Å². The van der Waals surface area contributed by atoms with E-state index >= 15 is 0 Å². The molecule has 1 aromatic rings. The minimum absolute atomic E-state index is 0.517. The monoisotopic (exact) mass is 361 g/mol. The van der Waals surface area contributed by atoms with Gasteiger partial charge in [-0.15, -0.1) is 0 Å². The van der Waals surface area contributed by atoms with Crippen LogP contribution in [0.3, 0.4) is 0 Å². The number of anilines is 1. The number of rotatable bonds is 5. The highest BCUT2D eigenvalue weighted by Crippen LogP contribution is 2.30. The van der Waals surface area contributed by atoms with E-state index in [1.165, 1.54) is 15.7 Å². The molecule has 0 aliphatic heterocycles. The number of benzene rings is 1. The second kappa shape index (κ2) is 6.79. The molecule has 1 rings (SSSR count). The Morgan fingerprint density at radius 2 is 1.82 bits per heavy atom. The van der Waals surface area contributed by atoms with Crippen molar-refractivity contribution in [3.05, 3.63) is 28.2 Å². The van der Waals surface area contributed by atoms with Gasteiger partial charge >= 0.3 is 0 Å².